The van der Waals surface area contributed by atoms with E-state index in [-0.39, 0.29) is 36.5 Å². The lowest BCUT2D eigenvalue weighted by Gasteiger charge is -2.37. The minimum Gasteiger partial charge on any atom is -0.461 e. The van der Waals surface area contributed by atoms with E-state index < -0.39 is 17.9 Å². The maximum absolute atomic E-state index is 13.6. The molecule has 1 saturated carbocycles. The number of hydrogen-bond donors (Lipinski definition) is 1. The molecule has 1 unspecified atom stereocenters. The van der Waals surface area contributed by atoms with E-state index in [0.29, 0.717) is 16.3 Å². The van der Waals surface area contributed by atoms with E-state index in [1.807, 2.05) is 6.92 Å². The summed E-state index contributed by atoms with van der Waals surface area (Å²) in [4.78, 5) is 40.6. The zero-order valence-corrected chi connectivity index (χ0v) is 19.0. The van der Waals surface area contributed by atoms with Gasteiger partial charge in [-0.25, -0.2) is 4.79 Å². The van der Waals surface area contributed by atoms with E-state index >= 15 is 0 Å². The van der Waals surface area contributed by atoms with Crippen LogP contribution in [0.1, 0.15) is 65.6 Å². The molecule has 4 rings (SSSR count). The number of fused-ring (bicyclic) bond motifs is 1. The monoisotopic (exact) mass is 458 g/mol. The number of anilines is 1. The van der Waals surface area contributed by atoms with E-state index in [2.05, 4.69) is 10.4 Å². The SMILES string of the molecule is CCOC(=O)c1cc2n(n1)CC(C(=O)NC1CCCCC1)N(c1cccc(Cl)c1C)C2=O. The third-order valence-corrected chi connectivity index (χ3v) is 6.52. The first-order chi connectivity index (χ1) is 15.4. The summed E-state index contributed by atoms with van der Waals surface area (Å²) in [6.07, 6.45) is 5.20. The Morgan fingerprint density at radius 2 is 2.00 bits per heavy atom. The molecule has 1 N–H and O–H groups in total. The Kier molecular flexibility index (Phi) is 6.50. The van der Waals surface area contributed by atoms with E-state index in [4.69, 9.17) is 16.3 Å². The van der Waals surface area contributed by atoms with Crippen molar-refractivity contribution in [3.8, 4) is 0 Å². The summed E-state index contributed by atoms with van der Waals surface area (Å²) < 4.78 is 6.45. The van der Waals surface area contributed by atoms with Crippen LogP contribution in [0.4, 0.5) is 5.69 Å². The number of nitrogens with one attached hydrogen (secondary N) is 1. The third-order valence-electron chi connectivity index (χ3n) is 6.11. The molecule has 1 aromatic carbocycles. The number of halogens is 1. The van der Waals surface area contributed by atoms with Crippen molar-refractivity contribution < 1.29 is 19.1 Å². The Bertz CT molecular complexity index is 1040. The van der Waals surface area contributed by atoms with Crippen molar-refractivity contribution in [2.75, 3.05) is 11.5 Å². The van der Waals surface area contributed by atoms with Gasteiger partial charge in [0.05, 0.1) is 13.2 Å². The van der Waals surface area contributed by atoms with E-state index in [9.17, 15) is 14.4 Å². The molecule has 1 fully saturated rings. The molecule has 0 radical (unpaired) electrons. The number of ether oxygens (including phenoxy) is 1. The van der Waals surface area contributed by atoms with Crippen molar-refractivity contribution in [2.45, 2.75) is 64.6 Å². The predicted molar refractivity (Wildman–Crippen MR) is 120 cm³/mol. The lowest BCUT2D eigenvalue weighted by molar-refractivity contribution is -0.123. The van der Waals surface area contributed by atoms with Crippen LogP contribution in [-0.4, -0.2) is 46.3 Å². The zero-order chi connectivity index (χ0) is 22.8. The van der Waals surface area contributed by atoms with Gasteiger partial charge in [-0.3, -0.25) is 19.2 Å². The van der Waals surface area contributed by atoms with Crippen LogP contribution in [0, 0.1) is 6.92 Å². The Labute approximate surface area is 191 Å². The maximum Gasteiger partial charge on any atom is 0.358 e. The highest BCUT2D eigenvalue weighted by Gasteiger charge is 2.41. The Balaban J connectivity index is 1.72. The number of amides is 2. The summed E-state index contributed by atoms with van der Waals surface area (Å²) in [7, 11) is 0. The van der Waals surface area contributed by atoms with Gasteiger partial charge in [0.15, 0.2) is 5.69 Å². The zero-order valence-electron chi connectivity index (χ0n) is 18.3. The van der Waals surface area contributed by atoms with E-state index in [1.54, 1.807) is 25.1 Å². The second-order valence-electron chi connectivity index (χ2n) is 8.24. The van der Waals surface area contributed by atoms with Gasteiger partial charge in [-0.15, -0.1) is 0 Å². The fourth-order valence-corrected chi connectivity index (χ4v) is 4.59. The van der Waals surface area contributed by atoms with Crippen molar-refractivity contribution in [2.24, 2.45) is 0 Å². The molecular weight excluding hydrogens is 432 g/mol. The summed E-state index contributed by atoms with van der Waals surface area (Å²) in [6.45, 7) is 3.85. The Morgan fingerprint density at radius 1 is 1.25 bits per heavy atom. The van der Waals surface area contributed by atoms with Gasteiger partial charge in [0.25, 0.3) is 5.91 Å². The molecule has 8 nitrogen and oxygen atoms in total. The molecule has 2 aliphatic rings. The lowest BCUT2D eigenvalue weighted by Crippen LogP contribution is -2.57. The van der Waals surface area contributed by atoms with Gasteiger partial charge in [0.1, 0.15) is 11.7 Å². The predicted octanol–water partition coefficient (Wildman–Crippen LogP) is 3.50. The van der Waals surface area contributed by atoms with Crippen LogP contribution in [0.3, 0.4) is 0 Å². The van der Waals surface area contributed by atoms with Crippen molar-refractivity contribution in [3.63, 3.8) is 0 Å². The standard InChI is InChI=1S/C23H27ClN4O4/c1-3-32-23(31)17-12-19-22(30)28(18-11-7-10-16(24)14(18)2)20(13-27(19)26-17)21(29)25-15-8-5-4-6-9-15/h7,10-12,15,20H,3-6,8-9,13H2,1-2H3,(H,25,29). The molecule has 2 amide bonds. The molecule has 0 bridgehead atoms. The average Bonchev–Trinajstić information content (AvgIpc) is 3.22. The lowest BCUT2D eigenvalue weighted by atomic mass is 9.95. The number of aromatic nitrogens is 2. The molecule has 170 valence electrons. The first-order valence-electron chi connectivity index (χ1n) is 11.0. The number of carbonyl (C=O) groups excluding carboxylic acids is 3. The number of benzene rings is 1. The summed E-state index contributed by atoms with van der Waals surface area (Å²) in [5.74, 6) is -1.24. The van der Waals surface area contributed by atoms with Crippen molar-refractivity contribution in [1.82, 2.24) is 15.1 Å². The average molecular weight is 459 g/mol. The van der Waals surface area contributed by atoms with E-state index in [1.165, 1.54) is 22.1 Å². The fourth-order valence-electron chi connectivity index (χ4n) is 4.42. The minimum absolute atomic E-state index is 0.0475. The third kappa shape index (κ3) is 4.24. The van der Waals surface area contributed by atoms with Crippen LogP contribution >= 0.6 is 11.6 Å². The fraction of sp³-hybridized carbons (Fsp3) is 0.478. The molecule has 1 atom stereocenters. The molecule has 0 saturated heterocycles. The summed E-state index contributed by atoms with van der Waals surface area (Å²) in [6, 6.07) is 5.98. The summed E-state index contributed by atoms with van der Waals surface area (Å²) in [5, 5.41) is 7.89. The Morgan fingerprint density at radius 3 is 2.72 bits per heavy atom. The van der Waals surface area contributed by atoms with Gasteiger partial charge in [-0.1, -0.05) is 36.9 Å². The number of carbonyl (C=O) groups is 3. The molecule has 1 aliphatic carbocycles. The number of rotatable bonds is 5. The van der Waals surface area contributed by atoms with Crippen molar-refractivity contribution in [1.29, 1.82) is 0 Å². The van der Waals surface area contributed by atoms with Gasteiger partial charge < -0.3 is 10.1 Å². The summed E-state index contributed by atoms with van der Waals surface area (Å²) in [5.41, 5.74) is 1.55. The Hall–Kier alpha value is -2.87. The topological polar surface area (TPSA) is 93.5 Å². The smallest absolute Gasteiger partial charge is 0.358 e. The highest BCUT2D eigenvalue weighted by atomic mass is 35.5. The first kappa shape index (κ1) is 22.3. The second kappa shape index (κ2) is 9.32. The van der Waals surface area contributed by atoms with Crippen LogP contribution in [0.25, 0.3) is 0 Å². The largest absolute Gasteiger partial charge is 0.461 e. The van der Waals surface area contributed by atoms with Crippen LogP contribution in [-0.2, 0) is 16.1 Å². The van der Waals surface area contributed by atoms with Crippen molar-refractivity contribution >= 4 is 35.1 Å². The normalized spacial score (nSPS) is 18.9. The second-order valence-corrected chi connectivity index (χ2v) is 8.64. The molecule has 32 heavy (non-hydrogen) atoms. The van der Waals surface area contributed by atoms with Crippen LogP contribution in [0.15, 0.2) is 24.3 Å². The first-order valence-corrected chi connectivity index (χ1v) is 11.4. The molecule has 9 heteroatoms. The number of hydrogen-bond acceptors (Lipinski definition) is 5. The van der Waals surface area contributed by atoms with Gasteiger partial charge in [-0.05, 0) is 44.4 Å². The van der Waals surface area contributed by atoms with Gasteiger partial charge in [-0.2, -0.15) is 5.10 Å². The summed E-state index contributed by atoms with van der Waals surface area (Å²) >= 11 is 6.33. The molecule has 2 heterocycles. The highest BCUT2D eigenvalue weighted by Crippen LogP contribution is 2.32. The number of nitrogens with zero attached hydrogens (tertiary/aromatic N) is 3. The molecule has 0 spiro atoms. The molecular formula is C23H27ClN4O4. The van der Waals surface area contributed by atoms with Crippen LogP contribution in [0.2, 0.25) is 5.02 Å². The molecule has 1 aromatic heterocycles. The van der Waals surface area contributed by atoms with E-state index in [0.717, 1.165) is 25.7 Å². The molecule has 2 aromatic rings. The quantitative estimate of drug-likeness (QED) is 0.692. The van der Waals surface area contributed by atoms with Crippen LogP contribution in [0.5, 0.6) is 0 Å². The molecule has 1 aliphatic heterocycles. The van der Waals surface area contributed by atoms with Gasteiger partial charge in [0.2, 0.25) is 5.91 Å². The maximum atomic E-state index is 13.6. The van der Waals surface area contributed by atoms with Gasteiger partial charge in [0, 0.05) is 22.8 Å². The minimum atomic E-state index is -0.816. The van der Waals surface area contributed by atoms with Gasteiger partial charge >= 0.3 is 5.97 Å². The number of esters is 1. The highest BCUT2D eigenvalue weighted by molar-refractivity contribution is 6.32. The van der Waals surface area contributed by atoms with Crippen LogP contribution < -0.4 is 10.2 Å². The van der Waals surface area contributed by atoms with Crippen molar-refractivity contribution in [3.05, 3.63) is 46.2 Å².